The smallest absolute Gasteiger partial charge is 0.0245 e. The zero-order chi connectivity index (χ0) is 23.4. The summed E-state index contributed by atoms with van der Waals surface area (Å²) in [5.41, 5.74) is 7.44. The van der Waals surface area contributed by atoms with Gasteiger partial charge in [-0.25, -0.2) is 0 Å². The van der Waals surface area contributed by atoms with Crippen LogP contribution in [0.1, 0.15) is 71.9 Å². The molecule has 4 bridgehead atoms. The molecule has 4 aliphatic rings. The fourth-order valence-corrected chi connectivity index (χ4v) is 8.22. The summed E-state index contributed by atoms with van der Waals surface area (Å²) < 4.78 is 0. The molecule has 4 saturated carbocycles. The molecule has 0 amide bonds. The van der Waals surface area contributed by atoms with E-state index in [1.54, 1.807) is 0 Å². The van der Waals surface area contributed by atoms with Crippen LogP contribution in [0.15, 0.2) is 72.8 Å². The molecule has 0 spiro atoms. The van der Waals surface area contributed by atoms with Crippen molar-refractivity contribution in [3.63, 3.8) is 0 Å². The molecule has 0 unspecified atom stereocenters. The van der Waals surface area contributed by atoms with Crippen molar-refractivity contribution in [3.8, 4) is 37.0 Å². The lowest BCUT2D eigenvalue weighted by atomic mass is 9.36. The Bertz CT molecular complexity index is 1230. The highest BCUT2D eigenvalue weighted by Gasteiger charge is 2.64. The first kappa shape index (κ1) is 20.9. The second-order valence-corrected chi connectivity index (χ2v) is 11.0. The molecule has 0 atom stereocenters. The quantitative estimate of drug-likeness (QED) is 0.399. The van der Waals surface area contributed by atoms with Crippen molar-refractivity contribution in [2.75, 3.05) is 0 Å². The summed E-state index contributed by atoms with van der Waals surface area (Å²) in [4.78, 5) is 0. The van der Waals surface area contributed by atoms with Crippen molar-refractivity contribution < 1.29 is 0 Å². The summed E-state index contributed by atoms with van der Waals surface area (Å²) in [5.74, 6) is 9.26. The van der Waals surface area contributed by atoms with Gasteiger partial charge in [0.2, 0.25) is 0 Å². The highest BCUT2D eigenvalue weighted by molar-refractivity contribution is 5.49. The van der Waals surface area contributed by atoms with E-state index >= 15 is 0 Å². The lowest BCUT2D eigenvalue weighted by Crippen LogP contribution is -2.62. The monoisotopic (exact) mass is 436 g/mol. The molecule has 0 aliphatic heterocycles. The van der Waals surface area contributed by atoms with Crippen molar-refractivity contribution >= 4 is 0 Å². The van der Waals surface area contributed by atoms with Gasteiger partial charge in [-0.05, 0) is 114 Å². The summed E-state index contributed by atoms with van der Waals surface area (Å²) in [6, 6.07) is 26.3. The number of rotatable bonds is 3. The molecule has 0 nitrogen and oxygen atoms in total. The molecule has 3 aromatic rings. The normalized spacial score (nSPS) is 30.8. The Morgan fingerprint density at radius 3 is 1.15 bits per heavy atom. The fraction of sp³-hybridized carbons (Fsp3) is 0.294. The molecule has 3 aromatic carbocycles. The first-order valence-electron chi connectivity index (χ1n) is 12.2. The molecule has 164 valence electrons. The molecule has 0 aromatic heterocycles. The van der Waals surface area contributed by atoms with E-state index in [0.29, 0.717) is 5.92 Å². The second-order valence-electron chi connectivity index (χ2n) is 11.0. The van der Waals surface area contributed by atoms with Gasteiger partial charge < -0.3 is 0 Å². The van der Waals surface area contributed by atoms with Gasteiger partial charge in [0.05, 0.1) is 0 Å². The molecule has 7 rings (SSSR count). The van der Waals surface area contributed by atoms with E-state index in [9.17, 15) is 0 Å². The topological polar surface area (TPSA) is 0 Å². The third kappa shape index (κ3) is 3.05. The predicted molar refractivity (Wildman–Crippen MR) is 139 cm³/mol. The van der Waals surface area contributed by atoms with Crippen LogP contribution in [0.5, 0.6) is 0 Å². The van der Waals surface area contributed by atoms with Crippen LogP contribution in [0.3, 0.4) is 0 Å². The maximum Gasteiger partial charge on any atom is 0.0245 e. The average molecular weight is 437 g/mol. The minimum atomic E-state index is 0.102. The molecule has 4 fully saturated rings. The summed E-state index contributed by atoms with van der Waals surface area (Å²) in [5, 5.41) is 0. The van der Waals surface area contributed by atoms with Crippen LogP contribution in [0.2, 0.25) is 0 Å². The van der Waals surface area contributed by atoms with Crippen LogP contribution in [0.4, 0.5) is 0 Å². The van der Waals surface area contributed by atoms with Gasteiger partial charge in [0.15, 0.2) is 0 Å². The first-order valence-corrected chi connectivity index (χ1v) is 12.2. The Morgan fingerprint density at radius 2 is 0.853 bits per heavy atom. The molecular formula is C34H28. The highest BCUT2D eigenvalue weighted by Crippen LogP contribution is 2.70. The molecule has 34 heavy (non-hydrogen) atoms. The lowest BCUT2D eigenvalue weighted by molar-refractivity contribution is -0.0493. The minimum Gasteiger partial charge on any atom is -0.115 e. The van der Waals surface area contributed by atoms with Crippen LogP contribution in [-0.2, 0) is 16.2 Å². The van der Waals surface area contributed by atoms with Gasteiger partial charge in [-0.3, -0.25) is 0 Å². The van der Waals surface area contributed by atoms with Gasteiger partial charge >= 0.3 is 0 Å². The lowest BCUT2D eigenvalue weighted by Gasteiger charge is -2.67. The molecule has 0 heteroatoms. The third-order valence-electron chi connectivity index (χ3n) is 8.99. The Morgan fingerprint density at radius 1 is 0.529 bits per heavy atom. The summed E-state index contributed by atoms with van der Waals surface area (Å²) in [7, 11) is 0. The van der Waals surface area contributed by atoms with Crippen molar-refractivity contribution in [3.05, 3.63) is 106 Å². The Kier molecular flexibility index (Phi) is 4.57. The minimum absolute atomic E-state index is 0.102. The van der Waals surface area contributed by atoms with E-state index < -0.39 is 0 Å². The fourth-order valence-electron chi connectivity index (χ4n) is 8.22. The predicted octanol–water partition coefficient (Wildman–Crippen LogP) is 6.74. The van der Waals surface area contributed by atoms with Gasteiger partial charge in [0.1, 0.15) is 0 Å². The maximum atomic E-state index is 5.82. The van der Waals surface area contributed by atoms with E-state index in [-0.39, 0.29) is 16.2 Å². The van der Waals surface area contributed by atoms with Crippen LogP contribution in [-0.4, -0.2) is 0 Å². The van der Waals surface area contributed by atoms with Crippen LogP contribution in [0, 0.1) is 42.9 Å². The van der Waals surface area contributed by atoms with Gasteiger partial charge in [-0.2, -0.15) is 0 Å². The largest absolute Gasteiger partial charge is 0.115 e. The van der Waals surface area contributed by atoms with E-state index in [1.165, 1.54) is 36.0 Å². The third-order valence-corrected chi connectivity index (χ3v) is 8.99. The van der Waals surface area contributed by atoms with Crippen molar-refractivity contribution in [1.29, 1.82) is 0 Å². The standard InChI is InChI=1S/C34H28/c1-4-25-10-7-13-29(16-25)32-19-28-20-33(22-32,30-14-8-11-26(5-2)17-30)24-34(21-28,23-32)31-15-9-12-27(6-3)18-31/h1-3,7-18,28H,19-24H2. The van der Waals surface area contributed by atoms with Crippen LogP contribution < -0.4 is 0 Å². The van der Waals surface area contributed by atoms with E-state index in [1.807, 2.05) is 18.2 Å². The van der Waals surface area contributed by atoms with Gasteiger partial charge in [0, 0.05) is 16.7 Å². The van der Waals surface area contributed by atoms with Crippen molar-refractivity contribution in [2.24, 2.45) is 5.92 Å². The number of terminal acetylenes is 3. The Hall–Kier alpha value is -3.66. The molecule has 0 radical (unpaired) electrons. The van der Waals surface area contributed by atoms with Crippen LogP contribution in [0.25, 0.3) is 0 Å². The zero-order valence-electron chi connectivity index (χ0n) is 19.5. The zero-order valence-corrected chi connectivity index (χ0v) is 19.5. The SMILES string of the molecule is C#Cc1cccc(C23CC4CC(c5cccc(C#C)c5)(C2)CC(c2cccc(C#C)c2)(C4)C3)c1. The average Bonchev–Trinajstić information content (AvgIpc) is 2.88. The summed E-state index contributed by atoms with van der Waals surface area (Å²) in [6.45, 7) is 0. The Balaban J connectivity index is 1.57. The number of hydrogen-bond acceptors (Lipinski definition) is 0. The molecule has 0 saturated heterocycles. The van der Waals surface area contributed by atoms with Gasteiger partial charge in [0.25, 0.3) is 0 Å². The highest BCUT2D eigenvalue weighted by atomic mass is 14.7. The van der Waals surface area contributed by atoms with Crippen LogP contribution >= 0.6 is 0 Å². The van der Waals surface area contributed by atoms with E-state index in [2.05, 4.69) is 72.4 Å². The Labute approximate surface area is 203 Å². The molecular weight excluding hydrogens is 408 g/mol. The first-order chi connectivity index (χ1) is 16.5. The van der Waals surface area contributed by atoms with Gasteiger partial charge in [-0.1, -0.05) is 54.2 Å². The van der Waals surface area contributed by atoms with Crippen molar-refractivity contribution in [1.82, 2.24) is 0 Å². The van der Waals surface area contributed by atoms with E-state index in [0.717, 1.165) is 36.0 Å². The van der Waals surface area contributed by atoms with Crippen molar-refractivity contribution in [2.45, 2.75) is 54.8 Å². The number of benzene rings is 3. The van der Waals surface area contributed by atoms with E-state index in [4.69, 9.17) is 19.3 Å². The second kappa shape index (κ2) is 7.42. The molecule has 0 N–H and O–H groups in total. The molecule has 0 heterocycles. The summed E-state index contributed by atoms with van der Waals surface area (Å²) >= 11 is 0. The maximum absolute atomic E-state index is 5.82. The summed E-state index contributed by atoms with van der Waals surface area (Å²) in [6.07, 6.45) is 24.6. The molecule has 4 aliphatic carbocycles. The number of hydrogen-bond donors (Lipinski definition) is 0. The van der Waals surface area contributed by atoms with Gasteiger partial charge in [-0.15, -0.1) is 19.3 Å².